The minimum atomic E-state index is 0.132. The molecule has 1 saturated heterocycles. The first-order chi connectivity index (χ1) is 14.1. The summed E-state index contributed by atoms with van der Waals surface area (Å²) in [5.41, 5.74) is 4.33. The number of fused-ring (bicyclic) bond motifs is 1. The van der Waals surface area contributed by atoms with Gasteiger partial charge in [0.15, 0.2) is 5.69 Å². The quantitative estimate of drug-likeness (QED) is 0.751. The van der Waals surface area contributed by atoms with Crippen LogP contribution in [0.15, 0.2) is 24.5 Å². The molecule has 6 heteroatoms. The van der Waals surface area contributed by atoms with Crippen molar-refractivity contribution < 1.29 is 4.79 Å². The van der Waals surface area contributed by atoms with Gasteiger partial charge in [0.2, 0.25) is 0 Å². The number of hydrogen-bond donors (Lipinski definition) is 0. The zero-order chi connectivity index (χ0) is 20.2. The predicted molar refractivity (Wildman–Crippen MR) is 113 cm³/mol. The maximum Gasteiger partial charge on any atom is 0.274 e. The van der Waals surface area contributed by atoms with E-state index in [1.165, 1.54) is 17.7 Å². The number of aryl methyl sites for hydroxylation is 1. The Balaban J connectivity index is 1.58. The van der Waals surface area contributed by atoms with Crippen LogP contribution in [-0.2, 0) is 26.1 Å². The second kappa shape index (κ2) is 9.08. The van der Waals surface area contributed by atoms with E-state index in [0.717, 1.165) is 70.5 Å². The molecule has 0 saturated carbocycles. The number of carbonyl (C=O) groups is 1. The highest BCUT2D eigenvalue weighted by Gasteiger charge is 2.30. The Bertz CT molecular complexity index is 823. The number of amides is 1. The van der Waals surface area contributed by atoms with Crippen LogP contribution in [0.2, 0.25) is 0 Å². The average molecular weight is 396 g/mol. The van der Waals surface area contributed by atoms with Crippen molar-refractivity contribution in [3.63, 3.8) is 0 Å². The molecule has 0 bridgehead atoms. The molecule has 1 amide bonds. The van der Waals surface area contributed by atoms with Crippen LogP contribution in [0.5, 0.6) is 0 Å². The Morgan fingerprint density at radius 1 is 1.17 bits per heavy atom. The third-order valence-electron chi connectivity index (χ3n) is 6.11. The summed E-state index contributed by atoms with van der Waals surface area (Å²) in [6, 6.07) is 4.11. The van der Waals surface area contributed by atoms with Crippen LogP contribution >= 0.6 is 0 Å². The summed E-state index contributed by atoms with van der Waals surface area (Å²) in [7, 11) is 0. The highest BCUT2D eigenvalue weighted by molar-refractivity contribution is 5.94. The number of carbonyl (C=O) groups excluding carboxylic acids is 1. The molecule has 4 heterocycles. The SMILES string of the molecule is CC(C)CCn1nc(C(=O)N2CCCCC2)c2c1CCN(Cc1cccnc1)C2. The number of piperidine rings is 1. The number of rotatable bonds is 6. The van der Waals surface area contributed by atoms with Gasteiger partial charge in [-0.1, -0.05) is 19.9 Å². The van der Waals surface area contributed by atoms with Gasteiger partial charge in [0, 0.05) is 69.3 Å². The Labute approximate surface area is 173 Å². The number of pyridine rings is 1. The Morgan fingerprint density at radius 2 is 2.00 bits per heavy atom. The van der Waals surface area contributed by atoms with Crippen molar-refractivity contribution in [1.29, 1.82) is 0 Å². The lowest BCUT2D eigenvalue weighted by atomic mass is 10.0. The monoisotopic (exact) mass is 395 g/mol. The summed E-state index contributed by atoms with van der Waals surface area (Å²) < 4.78 is 2.13. The van der Waals surface area contributed by atoms with Crippen molar-refractivity contribution in [2.75, 3.05) is 19.6 Å². The van der Waals surface area contributed by atoms with Crippen LogP contribution in [0.3, 0.4) is 0 Å². The molecule has 0 aromatic carbocycles. The normalized spacial score (nSPS) is 17.6. The van der Waals surface area contributed by atoms with Crippen molar-refractivity contribution in [1.82, 2.24) is 24.6 Å². The van der Waals surface area contributed by atoms with Gasteiger partial charge in [-0.05, 0) is 43.2 Å². The van der Waals surface area contributed by atoms with E-state index < -0.39 is 0 Å². The highest BCUT2D eigenvalue weighted by Crippen LogP contribution is 2.26. The average Bonchev–Trinajstić information content (AvgIpc) is 3.11. The van der Waals surface area contributed by atoms with Crippen LogP contribution in [0.4, 0.5) is 0 Å². The lowest BCUT2D eigenvalue weighted by Crippen LogP contribution is -2.37. The van der Waals surface area contributed by atoms with Crippen molar-refractivity contribution in [3.05, 3.63) is 47.0 Å². The zero-order valence-corrected chi connectivity index (χ0v) is 17.8. The summed E-state index contributed by atoms with van der Waals surface area (Å²) in [4.78, 5) is 22.0. The molecule has 0 aliphatic carbocycles. The molecule has 29 heavy (non-hydrogen) atoms. The van der Waals surface area contributed by atoms with Gasteiger partial charge in [-0.25, -0.2) is 0 Å². The van der Waals surface area contributed by atoms with E-state index in [0.29, 0.717) is 11.6 Å². The molecule has 156 valence electrons. The lowest BCUT2D eigenvalue weighted by Gasteiger charge is -2.29. The molecule has 0 N–H and O–H groups in total. The van der Waals surface area contributed by atoms with E-state index in [1.54, 1.807) is 0 Å². The van der Waals surface area contributed by atoms with E-state index in [2.05, 4.69) is 34.5 Å². The standard InChI is InChI=1S/C23H33N5O/c1-18(2)8-14-28-21-9-13-26(16-19-7-6-10-24-15-19)17-20(21)22(25-28)23(29)27-11-4-3-5-12-27/h6-7,10,15,18H,3-5,8-9,11-14,16-17H2,1-2H3. The van der Waals surface area contributed by atoms with Gasteiger partial charge >= 0.3 is 0 Å². The molecule has 0 radical (unpaired) electrons. The minimum absolute atomic E-state index is 0.132. The fraction of sp³-hybridized carbons (Fsp3) is 0.609. The van der Waals surface area contributed by atoms with Gasteiger partial charge in [0.1, 0.15) is 0 Å². The molecule has 0 unspecified atom stereocenters. The fourth-order valence-electron chi connectivity index (χ4n) is 4.42. The first-order valence-electron chi connectivity index (χ1n) is 11.1. The molecule has 2 aliphatic rings. The third-order valence-corrected chi connectivity index (χ3v) is 6.11. The zero-order valence-electron chi connectivity index (χ0n) is 17.8. The number of hydrogen-bond acceptors (Lipinski definition) is 4. The largest absolute Gasteiger partial charge is 0.337 e. The Hall–Kier alpha value is -2.21. The Kier molecular flexibility index (Phi) is 6.28. The van der Waals surface area contributed by atoms with Crippen molar-refractivity contribution in [2.24, 2.45) is 5.92 Å². The van der Waals surface area contributed by atoms with Crippen LogP contribution < -0.4 is 0 Å². The second-order valence-electron chi connectivity index (χ2n) is 8.85. The molecule has 0 spiro atoms. The molecule has 4 rings (SSSR count). The van der Waals surface area contributed by atoms with Crippen LogP contribution in [0.1, 0.15) is 66.8 Å². The van der Waals surface area contributed by atoms with Gasteiger partial charge < -0.3 is 4.90 Å². The van der Waals surface area contributed by atoms with E-state index in [9.17, 15) is 4.79 Å². The fourth-order valence-corrected chi connectivity index (χ4v) is 4.42. The predicted octanol–water partition coefficient (Wildman–Crippen LogP) is 3.51. The van der Waals surface area contributed by atoms with E-state index in [1.807, 2.05) is 23.4 Å². The maximum atomic E-state index is 13.3. The first kappa shape index (κ1) is 20.1. The van der Waals surface area contributed by atoms with Gasteiger partial charge in [-0.15, -0.1) is 0 Å². The molecular formula is C23H33N5O. The van der Waals surface area contributed by atoms with Crippen molar-refractivity contribution in [2.45, 2.75) is 65.6 Å². The Morgan fingerprint density at radius 3 is 2.72 bits per heavy atom. The summed E-state index contributed by atoms with van der Waals surface area (Å²) in [5.74, 6) is 0.759. The summed E-state index contributed by atoms with van der Waals surface area (Å²) in [5, 5.41) is 4.87. The first-order valence-corrected chi connectivity index (χ1v) is 11.1. The summed E-state index contributed by atoms with van der Waals surface area (Å²) in [6.07, 6.45) is 9.22. The van der Waals surface area contributed by atoms with Crippen LogP contribution in [0, 0.1) is 5.92 Å². The molecule has 1 fully saturated rings. The van der Waals surface area contributed by atoms with Crippen molar-refractivity contribution >= 4 is 5.91 Å². The second-order valence-corrected chi connectivity index (χ2v) is 8.85. The molecule has 6 nitrogen and oxygen atoms in total. The lowest BCUT2D eigenvalue weighted by molar-refractivity contribution is 0.0714. The highest BCUT2D eigenvalue weighted by atomic mass is 16.2. The molecule has 2 aliphatic heterocycles. The van der Waals surface area contributed by atoms with E-state index in [-0.39, 0.29) is 5.91 Å². The molecular weight excluding hydrogens is 362 g/mol. The molecule has 0 atom stereocenters. The van der Waals surface area contributed by atoms with E-state index in [4.69, 9.17) is 5.10 Å². The topological polar surface area (TPSA) is 54.3 Å². The van der Waals surface area contributed by atoms with Gasteiger partial charge in [-0.2, -0.15) is 5.10 Å². The number of aromatic nitrogens is 3. The maximum absolute atomic E-state index is 13.3. The van der Waals surface area contributed by atoms with Crippen LogP contribution in [0.25, 0.3) is 0 Å². The summed E-state index contributed by atoms with van der Waals surface area (Å²) in [6.45, 7) is 9.76. The van der Waals surface area contributed by atoms with Gasteiger partial charge in [0.05, 0.1) is 0 Å². The minimum Gasteiger partial charge on any atom is -0.337 e. The molecule has 2 aromatic heterocycles. The smallest absolute Gasteiger partial charge is 0.274 e. The number of nitrogens with zero attached hydrogens (tertiary/aromatic N) is 5. The number of likely N-dealkylation sites (tertiary alicyclic amines) is 1. The van der Waals surface area contributed by atoms with Gasteiger partial charge in [0.25, 0.3) is 5.91 Å². The van der Waals surface area contributed by atoms with Crippen molar-refractivity contribution in [3.8, 4) is 0 Å². The third kappa shape index (κ3) is 4.69. The van der Waals surface area contributed by atoms with E-state index >= 15 is 0 Å². The van der Waals surface area contributed by atoms with Gasteiger partial charge in [-0.3, -0.25) is 19.4 Å². The van der Waals surface area contributed by atoms with Crippen LogP contribution in [-0.4, -0.2) is 50.1 Å². The molecule has 2 aromatic rings. The summed E-state index contributed by atoms with van der Waals surface area (Å²) >= 11 is 0.